The van der Waals surface area contributed by atoms with Crippen LogP contribution in [0.4, 0.5) is 5.82 Å². The Morgan fingerprint density at radius 2 is 2.13 bits per heavy atom. The number of anilines is 1. The quantitative estimate of drug-likeness (QED) is 0.867. The van der Waals surface area contributed by atoms with Crippen molar-refractivity contribution < 1.29 is 9.90 Å². The van der Waals surface area contributed by atoms with Crippen LogP contribution in [0.1, 0.15) is 12.8 Å². The standard InChI is InChI=1S/C16H21N5O2/c1-20(16-13-2-3-17-15(13)18-9-19-16)12-4-10-6-21(14(23)8-22)7-11(10)5-12/h2-3,9-12,22H,4-8H2,1H3,(H,17,18,19)/t10-,11?,12?/m0/s1. The molecule has 2 fully saturated rings. The maximum atomic E-state index is 11.6. The second kappa shape index (κ2) is 5.49. The molecule has 7 heteroatoms. The summed E-state index contributed by atoms with van der Waals surface area (Å²) in [5, 5.41) is 10.1. The van der Waals surface area contributed by atoms with E-state index in [1.54, 1.807) is 11.2 Å². The Labute approximate surface area is 134 Å². The lowest BCUT2D eigenvalue weighted by atomic mass is 10.0. The van der Waals surface area contributed by atoms with Gasteiger partial charge in [-0.3, -0.25) is 4.79 Å². The zero-order valence-corrected chi connectivity index (χ0v) is 13.1. The first-order chi connectivity index (χ1) is 11.2. The molecular weight excluding hydrogens is 294 g/mol. The summed E-state index contributed by atoms with van der Waals surface area (Å²) in [5.74, 6) is 1.88. The predicted octanol–water partition coefficient (Wildman–Crippen LogP) is 0.623. The number of likely N-dealkylation sites (tertiary alicyclic amines) is 1. The Morgan fingerprint density at radius 3 is 2.83 bits per heavy atom. The molecule has 0 bridgehead atoms. The molecule has 7 nitrogen and oxygen atoms in total. The molecule has 2 aromatic rings. The van der Waals surface area contributed by atoms with Crippen LogP contribution in [0.5, 0.6) is 0 Å². The SMILES string of the molecule is CN(c1ncnc2[nH]ccc12)C1CC2CN(C(=O)CO)C[C@@H]2C1. The Bertz CT molecular complexity index is 716. The number of carbonyl (C=O) groups is 1. The van der Waals surface area contributed by atoms with Crippen LogP contribution < -0.4 is 4.90 Å². The molecule has 0 radical (unpaired) electrons. The molecule has 3 atom stereocenters. The molecule has 122 valence electrons. The van der Waals surface area contributed by atoms with Crippen LogP contribution >= 0.6 is 0 Å². The van der Waals surface area contributed by atoms with Gasteiger partial charge < -0.3 is 19.9 Å². The minimum Gasteiger partial charge on any atom is -0.387 e. The first kappa shape index (κ1) is 14.4. The molecule has 0 aromatic carbocycles. The Morgan fingerprint density at radius 1 is 1.39 bits per heavy atom. The van der Waals surface area contributed by atoms with Gasteiger partial charge in [0, 0.05) is 32.4 Å². The Balaban J connectivity index is 1.49. The van der Waals surface area contributed by atoms with E-state index in [0.29, 0.717) is 17.9 Å². The molecule has 1 saturated heterocycles. The number of aliphatic hydroxyl groups is 1. The first-order valence-corrected chi connectivity index (χ1v) is 8.07. The maximum Gasteiger partial charge on any atom is 0.248 e. The zero-order chi connectivity index (χ0) is 16.0. The lowest BCUT2D eigenvalue weighted by Gasteiger charge is -2.27. The van der Waals surface area contributed by atoms with Crippen molar-refractivity contribution in [2.24, 2.45) is 11.8 Å². The van der Waals surface area contributed by atoms with Crippen molar-refractivity contribution in [3.8, 4) is 0 Å². The van der Waals surface area contributed by atoms with Crippen molar-refractivity contribution in [3.63, 3.8) is 0 Å². The van der Waals surface area contributed by atoms with Gasteiger partial charge in [0.05, 0.1) is 5.39 Å². The molecule has 4 rings (SSSR count). The van der Waals surface area contributed by atoms with E-state index in [2.05, 4.69) is 26.9 Å². The number of aromatic amines is 1. The van der Waals surface area contributed by atoms with Crippen molar-refractivity contribution in [3.05, 3.63) is 18.6 Å². The van der Waals surface area contributed by atoms with Gasteiger partial charge in [0.25, 0.3) is 0 Å². The van der Waals surface area contributed by atoms with E-state index in [0.717, 1.165) is 42.8 Å². The third-order valence-electron chi connectivity index (χ3n) is 5.43. The average molecular weight is 315 g/mol. The Hall–Kier alpha value is -2.15. The van der Waals surface area contributed by atoms with Gasteiger partial charge in [-0.05, 0) is 30.7 Å². The van der Waals surface area contributed by atoms with E-state index in [9.17, 15) is 4.79 Å². The predicted molar refractivity (Wildman–Crippen MR) is 86.0 cm³/mol. The highest BCUT2D eigenvalue weighted by Gasteiger charge is 2.43. The minimum atomic E-state index is -0.380. The summed E-state index contributed by atoms with van der Waals surface area (Å²) in [6.45, 7) is 1.17. The van der Waals surface area contributed by atoms with Gasteiger partial charge in [-0.1, -0.05) is 0 Å². The summed E-state index contributed by atoms with van der Waals surface area (Å²) >= 11 is 0. The number of hydrogen-bond acceptors (Lipinski definition) is 5. The van der Waals surface area contributed by atoms with E-state index in [1.165, 1.54) is 0 Å². The van der Waals surface area contributed by atoms with Gasteiger partial charge in [0.2, 0.25) is 5.91 Å². The number of rotatable bonds is 3. The van der Waals surface area contributed by atoms with Crippen LogP contribution in [0.15, 0.2) is 18.6 Å². The summed E-state index contributed by atoms with van der Waals surface area (Å²) in [6, 6.07) is 2.45. The summed E-state index contributed by atoms with van der Waals surface area (Å²) < 4.78 is 0. The van der Waals surface area contributed by atoms with Crippen molar-refractivity contribution in [2.75, 3.05) is 31.6 Å². The van der Waals surface area contributed by atoms with Gasteiger partial charge >= 0.3 is 0 Å². The third kappa shape index (κ3) is 2.35. The monoisotopic (exact) mass is 315 g/mol. The van der Waals surface area contributed by atoms with E-state index in [4.69, 9.17) is 5.11 Å². The molecule has 3 heterocycles. The van der Waals surface area contributed by atoms with E-state index >= 15 is 0 Å². The number of aromatic nitrogens is 3. The Kier molecular flexibility index (Phi) is 3.45. The number of amides is 1. The normalized spacial score (nSPS) is 26.7. The lowest BCUT2D eigenvalue weighted by molar-refractivity contribution is -0.133. The molecule has 1 saturated carbocycles. The molecule has 2 aliphatic rings. The van der Waals surface area contributed by atoms with Gasteiger partial charge in [-0.25, -0.2) is 9.97 Å². The van der Waals surface area contributed by atoms with Gasteiger partial charge in [-0.15, -0.1) is 0 Å². The topological polar surface area (TPSA) is 85.4 Å². The van der Waals surface area contributed by atoms with Crippen molar-refractivity contribution in [1.29, 1.82) is 0 Å². The largest absolute Gasteiger partial charge is 0.387 e. The molecule has 2 aromatic heterocycles. The number of fused-ring (bicyclic) bond motifs is 2. The van der Waals surface area contributed by atoms with E-state index in [1.807, 2.05) is 12.3 Å². The fourth-order valence-electron chi connectivity index (χ4n) is 4.20. The minimum absolute atomic E-state index is 0.144. The summed E-state index contributed by atoms with van der Waals surface area (Å²) in [6.07, 6.45) is 5.61. The van der Waals surface area contributed by atoms with Crippen LogP contribution in [0, 0.1) is 11.8 Å². The molecule has 2 N–H and O–H groups in total. The number of nitrogens with one attached hydrogen (secondary N) is 1. The highest BCUT2D eigenvalue weighted by molar-refractivity contribution is 5.87. The van der Waals surface area contributed by atoms with Crippen LogP contribution in [0.2, 0.25) is 0 Å². The van der Waals surface area contributed by atoms with Gasteiger partial charge in [0.1, 0.15) is 24.4 Å². The molecule has 1 amide bonds. The van der Waals surface area contributed by atoms with Gasteiger partial charge in [-0.2, -0.15) is 0 Å². The zero-order valence-electron chi connectivity index (χ0n) is 13.1. The molecule has 1 aliphatic carbocycles. The van der Waals surface area contributed by atoms with Crippen molar-refractivity contribution in [2.45, 2.75) is 18.9 Å². The number of carbonyl (C=O) groups excluding carboxylic acids is 1. The first-order valence-electron chi connectivity index (χ1n) is 8.07. The number of hydrogen-bond donors (Lipinski definition) is 2. The van der Waals surface area contributed by atoms with Gasteiger partial charge in [0.15, 0.2) is 0 Å². The summed E-state index contributed by atoms with van der Waals surface area (Å²) in [7, 11) is 2.09. The van der Waals surface area contributed by atoms with E-state index in [-0.39, 0.29) is 12.5 Å². The van der Waals surface area contributed by atoms with E-state index < -0.39 is 0 Å². The number of nitrogens with zero attached hydrogens (tertiary/aromatic N) is 4. The van der Waals surface area contributed by atoms with Crippen molar-refractivity contribution in [1.82, 2.24) is 19.9 Å². The molecular formula is C16H21N5O2. The summed E-state index contributed by atoms with van der Waals surface area (Å²) in [5.41, 5.74) is 0.861. The highest BCUT2D eigenvalue weighted by Crippen LogP contribution is 2.41. The second-order valence-corrected chi connectivity index (χ2v) is 6.65. The van der Waals surface area contributed by atoms with Crippen LogP contribution in [-0.4, -0.2) is 63.7 Å². The highest BCUT2D eigenvalue weighted by atomic mass is 16.3. The fourth-order valence-corrected chi connectivity index (χ4v) is 4.20. The molecule has 1 aliphatic heterocycles. The number of aliphatic hydroxyl groups excluding tert-OH is 1. The second-order valence-electron chi connectivity index (χ2n) is 6.65. The third-order valence-corrected chi connectivity index (χ3v) is 5.43. The molecule has 2 unspecified atom stereocenters. The maximum absolute atomic E-state index is 11.6. The average Bonchev–Trinajstić information content (AvgIpc) is 3.26. The summed E-state index contributed by atoms with van der Waals surface area (Å²) in [4.78, 5) is 27.5. The van der Waals surface area contributed by atoms with Crippen molar-refractivity contribution >= 4 is 22.8 Å². The molecule has 23 heavy (non-hydrogen) atoms. The lowest BCUT2D eigenvalue weighted by Crippen LogP contribution is -2.35. The molecule has 0 spiro atoms. The van der Waals surface area contributed by atoms with Crippen LogP contribution in [0.25, 0.3) is 11.0 Å². The smallest absolute Gasteiger partial charge is 0.248 e. The van der Waals surface area contributed by atoms with Crippen LogP contribution in [0.3, 0.4) is 0 Å². The number of H-pyrrole nitrogens is 1. The van der Waals surface area contributed by atoms with Crippen LogP contribution in [-0.2, 0) is 4.79 Å². The fraction of sp³-hybridized carbons (Fsp3) is 0.562.